The Hall–Kier alpha value is -2.10. The van der Waals surface area contributed by atoms with Crippen LogP contribution in [0.25, 0.3) is 5.57 Å². The number of aliphatic imine (C=N–C) groups is 1. The third-order valence-electron chi connectivity index (χ3n) is 7.80. The van der Waals surface area contributed by atoms with Gasteiger partial charge in [-0.15, -0.1) is 0 Å². The molecular weight excluding hydrogens is 384 g/mol. The number of hydrogen-bond acceptors (Lipinski definition) is 3. The lowest BCUT2D eigenvalue weighted by atomic mass is 9.82. The van der Waals surface area contributed by atoms with Gasteiger partial charge in [-0.2, -0.15) is 0 Å². The molecule has 4 aliphatic rings. The van der Waals surface area contributed by atoms with Gasteiger partial charge >= 0.3 is 6.09 Å². The Labute approximate surface area is 186 Å². The van der Waals surface area contributed by atoms with Crippen molar-refractivity contribution in [1.29, 1.82) is 0 Å². The molecule has 0 unspecified atom stereocenters. The van der Waals surface area contributed by atoms with Gasteiger partial charge in [0.05, 0.1) is 6.04 Å². The lowest BCUT2D eigenvalue weighted by Crippen LogP contribution is -2.43. The Morgan fingerprint density at radius 1 is 1.13 bits per heavy atom. The number of benzene rings is 1. The molecule has 1 spiro atoms. The largest absolute Gasteiger partial charge is 0.444 e. The summed E-state index contributed by atoms with van der Waals surface area (Å²) in [6, 6.07) is 4.71. The smallest absolute Gasteiger partial charge is 0.410 e. The summed E-state index contributed by atoms with van der Waals surface area (Å²) in [4.78, 5) is 19.5. The molecule has 4 nitrogen and oxygen atoms in total. The molecule has 1 aromatic carbocycles. The van der Waals surface area contributed by atoms with Gasteiger partial charge in [0.2, 0.25) is 0 Å². The zero-order chi connectivity index (χ0) is 21.8. The van der Waals surface area contributed by atoms with Crippen molar-refractivity contribution in [1.82, 2.24) is 4.90 Å². The molecule has 1 atom stereocenters. The van der Waals surface area contributed by atoms with Gasteiger partial charge in [-0.1, -0.05) is 25.0 Å². The van der Waals surface area contributed by atoms with E-state index in [9.17, 15) is 4.79 Å². The molecule has 1 amide bonds. The highest BCUT2D eigenvalue weighted by atomic mass is 16.6. The molecule has 0 radical (unpaired) electrons. The second-order valence-corrected chi connectivity index (χ2v) is 11.2. The van der Waals surface area contributed by atoms with Crippen LogP contribution in [0.15, 0.2) is 23.3 Å². The van der Waals surface area contributed by atoms with E-state index in [1.807, 2.05) is 25.7 Å². The number of aryl methyl sites for hydroxylation is 1. The van der Waals surface area contributed by atoms with Crippen LogP contribution in [0.4, 0.5) is 4.79 Å². The van der Waals surface area contributed by atoms with Gasteiger partial charge in [-0.25, -0.2) is 4.79 Å². The van der Waals surface area contributed by atoms with Crippen molar-refractivity contribution in [3.63, 3.8) is 0 Å². The van der Waals surface area contributed by atoms with E-state index in [4.69, 9.17) is 9.73 Å². The van der Waals surface area contributed by atoms with Crippen LogP contribution in [-0.4, -0.2) is 34.9 Å². The third kappa shape index (κ3) is 3.83. The summed E-state index contributed by atoms with van der Waals surface area (Å²) in [6.07, 6.45) is 12.8. The summed E-state index contributed by atoms with van der Waals surface area (Å²) in [6.45, 7) is 8.82. The van der Waals surface area contributed by atoms with Crippen LogP contribution in [0.5, 0.6) is 0 Å². The van der Waals surface area contributed by atoms with E-state index in [-0.39, 0.29) is 12.1 Å². The van der Waals surface area contributed by atoms with Crippen molar-refractivity contribution in [2.24, 2.45) is 10.4 Å². The fourth-order valence-electron chi connectivity index (χ4n) is 6.32. The Morgan fingerprint density at radius 2 is 1.87 bits per heavy atom. The van der Waals surface area contributed by atoms with Crippen LogP contribution in [-0.2, 0) is 17.6 Å². The van der Waals surface area contributed by atoms with E-state index in [0.717, 1.165) is 31.5 Å². The minimum atomic E-state index is -0.468. The van der Waals surface area contributed by atoms with Gasteiger partial charge < -0.3 is 4.74 Å². The summed E-state index contributed by atoms with van der Waals surface area (Å²) < 4.78 is 5.67. The standard InChI is InChI=1S/C27H36N2O2/c1-18-9-10-20(22-16-27(15-21(18)22)11-5-6-12-27)19-14-23(28-17-19)24-8-7-13-29(24)25(30)31-26(2,3)4/h9-10,17,24H,5-8,11-16H2,1-4H3/t24-/m0/s1. The first kappa shape index (κ1) is 20.8. The predicted molar refractivity (Wildman–Crippen MR) is 125 cm³/mol. The molecular formula is C27H36N2O2. The van der Waals surface area contributed by atoms with Crippen molar-refractivity contribution in [2.45, 2.75) is 97.1 Å². The molecule has 1 saturated carbocycles. The maximum atomic E-state index is 12.7. The van der Waals surface area contributed by atoms with Crippen LogP contribution in [0.3, 0.4) is 0 Å². The topological polar surface area (TPSA) is 41.9 Å². The van der Waals surface area contributed by atoms with Crippen molar-refractivity contribution in [2.75, 3.05) is 6.54 Å². The van der Waals surface area contributed by atoms with Crippen LogP contribution >= 0.6 is 0 Å². The zero-order valence-electron chi connectivity index (χ0n) is 19.6. The van der Waals surface area contributed by atoms with Gasteiger partial charge in [0.25, 0.3) is 0 Å². The summed E-state index contributed by atoms with van der Waals surface area (Å²) >= 11 is 0. The molecule has 0 bridgehead atoms. The molecule has 0 N–H and O–H groups in total. The molecule has 5 rings (SSSR count). The Kier molecular flexibility index (Phi) is 5.02. The summed E-state index contributed by atoms with van der Waals surface area (Å²) in [5, 5.41) is 0. The highest BCUT2D eigenvalue weighted by Gasteiger charge is 2.42. The first-order valence-corrected chi connectivity index (χ1v) is 12.1. The summed E-state index contributed by atoms with van der Waals surface area (Å²) in [5.74, 6) is 0. The first-order valence-electron chi connectivity index (χ1n) is 12.1. The number of allylic oxidation sites excluding steroid dienone is 1. The lowest BCUT2D eigenvalue weighted by Gasteiger charge is -2.29. The minimum absolute atomic E-state index is 0.0725. The quantitative estimate of drug-likeness (QED) is 0.568. The van der Waals surface area contributed by atoms with E-state index >= 15 is 0 Å². The van der Waals surface area contributed by atoms with Crippen molar-refractivity contribution in [3.8, 4) is 0 Å². The van der Waals surface area contributed by atoms with Gasteiger partial charge in [-0.05, 0) is 99.5 Å². The molecule has 31 heavy (non-hydrogen) atoms. The molecule has 2 fully saturated rings. The second-order valence-electron chi connectivity index (χ2n) is 11.2. The highest BCUT2D eigenvalue weighted by Crippen LogP contribution is 2.51. The van der Waals surface area contributed by atoms with Crippen LogP contribution in [0, 0.1) is 12.3 Å². The van der Waals surface area contributed by atoms with Gasteiger partial charge in [0.15, 0.2) is 0 Å². The van der Waals surface area contributed by atoms with E-state index in [2.05, 4.69) is 25.3 Å². The first-order chi connectivity index (χ1) is 14.7. The lowest BCUT2D eigenvalue weighted by molar-refractivity contribution is 0.0265. The molecule has 2 aliphatic carbocycles. The predicted octanol–water partition coefficient (Wildman–Crippen LogP) is 6.24. The van der Waals surface area contributed by atoms with Gasteiger partial charge in [-0.3, -0.25) is 9.89 Å². The average molecular weight is 421 g/mol. The number of rotatable bonds is 2. The van der Waals surface area contributed by atoms with Crippen LogP contribution < -0.4 is 0 Å². The average Bonchev–Trinajstić information content (AvgIpc) is 3.48. The van der Waals surface area contributed by atoms with E-state index < -0.39 is 5.60 Å². The third-order valence-corrected chi connectivity index (χ3v) is 7.80. The number of ether oxygens (including phenoxy) is 1. The number of fused-ring (bicyclic) bond motifs is 1. The number of carbonyl (C=O) groups excluding carboxylic acids is 1. The SMILES string of the molecule is Cc1ccc(C2=CN=C([C@@H]3CCCN3C(=O)OC(C)(C)C)C2)c2c1CC1(CCCC1)C2. The summed E-state index contributed by atoms with van der Waals surface area (Å²) in [5.41, 5.74) is 8.55. The maximum absolute atomic E-state index is 12.7. The number of amides is 1. The molecule has 2 aliphatic heterocycles. The Balaban J connectivity index is 1.34. The van der Waals surface area contributed by atoms with E-state index in [0.29, 0.717) is 5.41 Å². The minimum Gasteiger partial charge on any atom is -0.444 e. The van der Waals surface area contributed by atoms with Crippen LogP contribution in [0.2, 0.25) is 0 Å². The van der Waals surface area contributed by atoms with Crippen molar-refractivity contribution < 1.29 is 9.53 Å². The van der Waals surface area contributed by atoms with E-state index in [1.165, 1.54) is 55.2 Å². The van der Waals surface area contributed by atoms with E-state index in [1.54, 1.807) is 11.1 Å². The molecule has 1 saturated heterocycles. The molecule has 0 aromatic heterocycles. The van der Waals surface area contributed by atoms with Gasteiger partial charge in [0.1, 0.15) is 5.60 Å². The van der Waals surface area contributed by atoms with Crippen LogP contribution in [0.1, 0.15) is 88.0 Å². The Bertz CT molecular complexity index is 960. The number of nitrogens with zero attached hydrogens (tertiary/aromatic N) is 2. The number of carbonyl (C=O) groups is 1. The normalized spacial score (nSPS) is 24.5. The maximum Gasteiger partial charge on any atom is 0.410 e. The fourth-order valence-corrected chi connectivity index (χ4v) is 6.32. The Morgan fingerprint density at radius 3 is 2.61 bits per heavy atom. The number of likely N-dealkylation sites (tertiary alicyclic amines) is 1. The molecule has 1 aromatic rings. The second kappa shape index (κ2) is 7.50. The molecule has 166 valence electrons. The molecule has 2 heterocycles. The monoisotopic (exact) mass is 420 g/mol. The highest BCUT2D eigenvalue weighted by molar-refractivity contribution is 6.03. The summed E-state index contributed by atoms with van der Waals surface area (Å²) in [7, 11) is 0. The van der Waals surface area contributed by atoms with Crippen molar-refractivity contribution in [3.05, 3.63) is 40.6 Å². The fraction of sp³-hybridized carbons (Fsp3) is 0.630. The molecule has 4 heteroatoms. The van der Waals surface area contributed by atoms with Crippen molar-refractivity contribution >= 4 is 17.4 Å². The zero-order valence-corrected chi connectivity index (χ0v) is 19.6. The van der Waals surface area contributed by atoms with Gasteiger partial charge in [0, 0.05) is 24.9 Å². The number of hydrogen-bond donors (Lipinski definition) is 0.